The minimum absolute atomic E-state index is 0.0356. The van der Waals surface area contributed by atoms with Gasteiger partial charge >= 0.3 is 0 Å². The molecule has 1 aliphatic heterocycles. The zero-order valence-corrected chi connectivity index (χ0v) is 17.0. The van der Waals surface area contributed by atoms with E-state index in [1.807, 2.05) is 19.9 Å². The highest BCUT2D eigenvalue weighted by atomic mass is 16.7. The molecular weight excluding hydrogens is 352 g/mol. The lowest BCUT2D eigenvalue weighted by Crippen LogP contribution is -2.24. The second-order valence-corrected chi connectivity index (χ2v) is 6.69. The summed E-state index contributed by atoms with van der Waals surface area (Å²) in [5, 5.41) is 0. The average Bonchev–Trinajstić information content (AvgIpc) is 3.00. The predicted molar refractivity (Wildman–Crippen MR) is 99.1 cm³/mol. The summed E-state index contributed by atoms with van der Waals surface area (Å²) in [4.78, 5) is 0. The van der Waals surface area contributed by atoms with Crippen molar-refractivity contribution in [2.45, 2.75) is 45.5 Å². The summed E-state index contributed by atoms with van der Waals surface area (Å²) in [6, 6.07) is 5.11. The molecule has 1 radical (unpaired) electrons. The third kappa shape index (κ3) is 6.93. The van der Waals surface area contributed by atoms with Crippen LogP contribution < -0.4 is 9.47 Å². The molecule has 1 aromatic carbocycles. The lowest BCUT2D eigenvalue weighted by atomic mass is 10.0. The highest BCUT2D eigenvalue weighted by molar-refractivity contribution is 5.46. The highest BCUT2D eigenvalue weighted by Crippen LogP contribution is 2.30. The third-order valence-electron chi connectivity index (χ3n) is 4.08. The summed E-state index contributed by atoms with van der Waals surface area (Å²) >= 11 is 0. The molecule has 1 heterocycles. The summed E-state index contributed by atoms with van der Waals surface area (Å²) in [6.45, 7) is 7.80. The first-order chi connectivity index (χ1) is 13.0. The molecule has 1 fully saturated rings. The molecule has 0 bridgehead atoms. The van der Waals surface area contributed by atoms with Gasteiger partial charge in [0.25, 0.3) is 0 Å². The maximum absolute atomic E-state index is 5.80. The summed E-state index contributed by atoms with van der Waals surface area (Å²) in [5.41, 5.74) is 2.07. The number of ether oxygens (including phenoxy) is 7. The van der Waals surface area contributed by atoms with Crippen LogP contribution in [0.1, 0.15) is 31.9 Å². The quantitative estimate of drug-likeness (QED) is 0.406. The van der Waals surface area contributed by atoms with E-state index < -0.39 is 5.79 Å². The summed E-state index contributed by atoms with van der Waals surface area (Å²) in [6.07, 6.45) is 1.46. The molecular formula is C20H31O7. The van der Waals surface area contributed by atoms with E-state index in [0.717, 1.165) is 23.3 Å². The van der Waals surface area contributed by atoms with Gasteiger partial charge in [-0.1, -0.05) is 6.92 Å². The molecule has 27 heavy (non-hydrogen) atoms. The molecule has 0 N–H and O–H groups in total. The van der Waals surface area contributed by atoms with Crippen LogP contribution in [0.4, 0.5) is 0 Å². The van der Waals surface area contributed by atoms with Gasteiger partial charge in [-0.25, -0.2) is 0 Å². The molecule has 1 saturated heterocycles. The molecule has 1 aliphatic rings. The first kappa shape index (κ1) is 21.9. The molecule has 2 rings (SSSR count). The maximum atomic E-state index is 5.80. The molecule has 0 saturated carbocycles. The van der Waals surface area contributed by atoms with Crippen molar-refractivity contribution in [2.24, 2.45) is 0 Å². The van der Waals surface area contributed by atoms with E-state index in [1.165, 1.54) is 0 Å². The van der Waals surface area contributed by atoms with Gasteiger partial charge in [0, 0.05) is 26.4 Å². The van der Waals surface area contributed by atoms with Gasteiger partial charge in [-0.05, 0) is 37.8 Å². The van der Waals surface area contributed by atoms with Crippen molar-refractivity contribution in [3.8, 4) is 11.5 Å². The van der Waals surface area contributed by atoms with Crippen molar-refractivity contribution in [2.75, 3.05) is 47.6 Å². The van der Waals surface area contributed by atoms with Crippen LogP contribution in [0.5, 0.6) is 11.5 Å². The van der Waals surface area contributed by atoms with Crippen molar-refractivity contribution in [3.63, 3.8) is 0 Å². The Balaban J connectivity index is 1.97. The molecule has 1 aromatic rings. The van der Waals surface area contributed by atoms with Crippen LogP contribution in [0, 0.1) is 6.07 Å². The minimum Gasteiger partial charge on any atom is -0.467 e. The van der Waals surface area contributed by atoms with Crippen LogP contribution >= 0.6 is 0 Å². The lowest BCUT2D eigenvalue weighted by Gasteiger charge is -2.18. The number of benzene rings is 1. The first-order valence-electron chi connectivity index (χ1n) is 9.20. The van der Waals surface area contributed by atoms with Gasteiger partial charge in [0.1, 0.15) is 17.6 Å². The summed E-state index contributed by atoms with van der Waals surface area (Å²) in [7, 11) is 3.17. The second-order valence-electron chi connectivity index (χ2n) is 6.69. The monoisotopic (exact) mass is 383 g/mol. The number of methoxy groups -OCH3 is 2. The van der Waals surface area contributed by atoms with E-state index in [0.29, 0.717) is 32.0 Å². The average molecular weight is 383 g/mol. The van der Waals surface area contributed by atoms with Crippen molar-refractivity contribution in [3.05, 3.63) is 23.3 Å². The van der Waals surface area contributed by atoms with Gasteiger partial charge in [0.2, 0.25) is 0 Å². The fourth-order valence-electron chi connectivity index (χ4n) is 2.90. The van der Waals surface area contributed by atoms with E-state index in [4.69, 9.17) is 33.2 Å². The lowest BCUT2D eigenvalue weighted by molar-refractivity contribution is -0.144. The largest absolute Gasteiger partial charge is 0.467 e. The van der Waals surface area contributed by atoms with E-state index >= 15 is 0 Å². The molecule has 0 amide bonds. The van der Waals surface area contributed by atoms with Crippen LogP contribution in [0.3, 0.4) is 0 Å². The summed E-state index contributed by atoms with van der Waals surface area (Å²) < 4.78 is 38.4. The normalized spacial score (nSPS) is 18.6. The van der Waals surface area contributed by atoms with Crippen LogP contribution in [0.2, 0.25) is 0 Å². The zero-order chi connectivity index (χ0) is 19.7. The van der Waals surface area contributed by atoms with Crippen LogP contribution in [0.25, 0.3) is 0 Å². The van der Waals surface area contributed by atoms with E-state index in [9.17, 15) is 0 Å². The van der Waals surface area contributed by atoms with Crippen LogP contribution in [-0.2, 0) is 36.5 Å². The fourth-order valence-corrected chi connectivity index (χ4v) is 2.90. The SMILES string of the molecule is CCc1c(CCOCC2COC(C)(C)O2)[c]c(OCOC)cc1OCOC. The second kappa shape index (κ2) is 10.8. The Morgan fingerprint density at radius 3 is 2.56 bits per heavy atom. The molecule has 1 unspecified atom stereocenters. The van der Waals surface area contributed by atoms with Gasteiger partial charge < -0.3 is 33.2 Å². The Morgan fingerprint density at radius 2 is 1.93 bits per heavy atom. The molecule has 0 aromatic heterocycles. The Kier molecular flexibility index (Phi) is 8.79. The topological polar surface area (TPSA) is 64.6 Å². The fraction of sp³-hybridized carbons (Fsp3) is 0.700. The molecule has 153 valence electrons. The number of rotatable bonds is 12. The zero-order valence-electron chi connectivity index (χ0n) is 17.0. The van der Waals surface area contributed by atoms with Crippen LogP contribution in [-0.4, -0.2) is 59.5 Å². The Hall–Kier alpha value is -1.38. The van der Waals surface area contributed by atoms with Gasteiger partial charge in [-0.15, -0.1) is 0 Å². The van der Waals surface area contributed by atoms with Crippen molar-refractivity contribution < 1.29 is 33.2 Å². The maximum Gasteiger partial charge on any atom is 0.188 e. The standard InChI is InChI=1S/C20H31O7/c1-6-18-15(7-8-23-11-17-12-26-20(2,3)27-17)9-16(24-13-21-4)10-19(18)25-14-22-5/h10,17H,6-8,11-14H2,1-5H3. The predicted octanol–water partition coefficient (Wildman–Crippen LogP) is 2.73. The van der Waals surface area contributed by atoms with E-state index in [2.05, 4.69) is 13.0 Å². The molecule has 1 atom stereocenters. The van der Waals surface area contributed by atoms with Gasteiger partial charge in [-0.2, -0.15) is 0 Å². The summed E-state index contributed by atoms with van der Waals surface area (Å²) in [5.74, 6) is 0.774. The number of hydrogen-bond acceptors (Lipinski definition) is 7. The van der Waals surface area contributed by atoms with E-state index in [-0.39, 0.29) is 19.7 Å². The number of hydrogen-bond donors (Lipinski definition) is 0. The minimum atomic E-state index is -0.530. The molecule has 7 heteroatoms. The molecule has 7 nitrogen and oxygen atoms in total. The smallest absolute Gasteiger partial charge is 0.188 e. The third-order valence-corrected chi connectivity index (χ3v) is 4.08. The molecule has 0 spiro atoms. The van der Waals surface area contributed by atoms with Crippen molar-refractivity contribution in [1.29, 1.82) is 0 Å². The van der Waals surface area contributed by atoms with Gasteiger partial charge in [0.05, 0.1) is 19.8 Å². The van der Waals surface area contributed by atoms with Gasteiger partial charge in [0.15, 0.2) is 19.4 Å². The van der Waals surface area contributed by atoms with Gasteiger partial charge in [-0.3, -0.25) is 0 Å². The Morgan fingerprint density at radius 1 is 1.19 bits per heavy atom. The van der Waals surface area contributed by atoms with Crippen molar-refractivity contribution >= 4 is 0 Å². The van der Waals surface area contributed by atoms with Crippen LogP contribution in [0.15, 0.2) is 6.07 Å². The highest BCUT2D eigenvalue weighted by Gasteiger charge is 2.32. The molecule has 0 aliphatic carbocycles. The Bertz CT molecular complexity index is 574. The first-order valence-corrected chi connectivity index (χ1v) is 9.20. The Labute approximate surface area is 161 Å². The van der Waals surface area contributed by atoms with E-state index in [1.54, 1.807) is 14.2 Å². The van der Waals surface area contributed by atoms with Crippen molar-refractivity contribution in [1.82, 2.24) is 0 Å².